The first-order chi connectivity index (χ1) is 16.6. The van der Waals surface area contributed by atoms with Gasteiger partial charge in [-0.05, 0) is 77.8 Å². The van der Waals surface area contributed by atoms with Gasteiger partial charge >= 0.3 is 5.97 Å². The fourth-order valence-corrected chi connectivity index (χ4v) is 4.87. The van der Waals surface area contributed by atoms with E-state index in [4.69, 9.17) is 9.72 Å². The number of carboxylic acid groups (broad SMARTS) is 1. The Hall–Kier alpha value is -2.91. The van der Waals surface area contributed by atoms with Gasteiger partial charge in [0.1, 0.15) is 0 Å². The lowest BCUT2D eigenvalue weighted by Crippen LogP contribution is -2.39. The van der Waals surface area contributed by atoms with Crippen molar-refractivity contribution in [2.75, 3.05) is 18.0 Å². The van der Waals surface area contributed by atoms with Gasteiger partial charge in [0, 0.05) is 35.6 Å². The summed E-state index contributed by atoms with van der Waals surface area (Å²) in [4.78, 5) is 19.7. The summed E-state index contributed by atoms with van der Waals surface area (Å²) in [5, 5.41) is 19.9. The number of benzene rings is 1. The highest BCUT2D eigenvalue weighted by molar-refractivity contribution is 5.88. The summed E-state index contributed by atoms with van der Waals surface area (Å²) >= 11 is 0. The summed E-state index contributed by atoms with van der Waals surface area (Å²) in [6.07, 6.45) is 0.887. The van der Waals surface area contributed by atoms with Crippen molar-refractivity contribution in [3.05, 3.63) is 46.8 Å². The molecule has 6 heteroatoms. The Morgan fingerprint density at radius 2 is 1.64 bits per heavy atom. The Morgan fingerprint density at radius 1 is 1.08 bits per heavy atom. The first-order valence-electron chi connectivity index (χ1n) is 12.8. The number of aromatic nitrogens is 1. The molecule has 1 aliphatic heterocycles. The third-order valence-electron chi connectivity index (χ3n) is 7.14. The zero-order valence-electron chi connectivity index (χ0n) is 23.3. The molecule has 1 atom stereocenters. The fourth-order valence-electron chi connectivity index (χ4n) is 4.87. The second-order valence-corrected chi connectivity index (χ2v) is 12.3. The van der Waals surface area contributed by atoms with Crippen molar-refractivity contribution in [2.24, 2.45) is 5.41 Å². The molecule has 0 radical (unpaired) electrons. The van der Waals surface area contributed by atoms with Crippen LogP contribution in [0.1, 0.15) is 89.9 Å². The summed E-state index contributed by atoms with van der Waals surface area (Å²) in [5.41, 5.74) is 4.88. The van der Waals surface area contributed by atoms with Gasteiger partial charge in [0.25, 0.3) is 0 Å². The van der Waals surface area contributed by atoms with Gasteiger partial charge in [-0.15, -0.1) is 0 Å². The van der Waals surface area contributed by atoms with E-state index >= 15 is 0 Å². The molecule has 0 spiro atoms. The number of nitriles is 1. The van der Waals surface area contributed by atoms with Gasteiger partial charge < -0.3 is 14.7 Å². The Morgan fingerprint density at radius 3 is 2.11 bits per heavy atom. The SMILES string of the molecule is Cc1nc(C)c(C(OC(C)(C)C)C(=O)O)c(N2CCC(C)(C)CC2)c1-c1ccc(C(C)(C)C#N)cc1. The molecule has 194 valence electrons. The minimum absolute atomic E-state index is 0.243. The van der Waals surface area contributed by atoms with E-state index in [2.05, 4.69) is 24.8 Å². The molecule has 0 amide bonds. The lowest BCUT2D eigenvalue weighted by atomic mass is 9.81. The van der Waals surface area contributed by atoms with Crippen molar-refractivity contribution in [1.82, 2.24) is 4.98 Å². The van der Waals surface area contributed by atoms with E-state index in [9.17, 15) is 15.2 Å². The first kappa shape index (κ1) is 27.7. The van der Waals surface area contributed by atoms with Gasteiger partial charge in [-0.3, -0.25) is 4.98 Å². The van der Waals surface area contributed by atoms with Crippen LogP contribution in [-0.4, -0.2) is 34.8 Å². The highest BCUT2D eigenvalue weighted by atomic mass is 16.5. The van der Waals surface area contributed by atoms with E-state index < -0.39 is 23.1 Å². The molecule has 1 aromatic carbocycles. The number of hydrogen-bond acceptors (Lipinski definition) is 5. The Balaban J connectivity index is 2.29. The first-order valence-corrected chi connectivity index (χ1v) is 12.8. The molecule has 1 fully saturated rings. The summed E-state index contributed by atoms with van der Waals surface area (Å²) in [5.74, 6) is -1.02. The molecule has 2 aromatic rings. The van der Waals surface area contributed by atoms with E-state index in [1.54, 1.807) is 0 Å². The number of carboxylic acids is 1. The number of ether oxygens (including phenoxy) is 1. The Bertz CT molecular complexity index is 1160. The van der Waals surface area contributed by atoms with Crippen LogP contribution in [0, 0.1) is 30.6 Å². The highest BCUT2D eigenvalue weighted by Crippen LogP contribution is 2.45. The van der Waals surface area contributed by atoms with Gasteiger partial charge in [-0.2, -0.15) is 5.26 Å². The monoisotopic (exact) mass is 491 g/mol. The van der Waals surface area contributed by atoms with Crippen LogP contribution in [-0.2, 0) is 14.9 Å². The lowest BCUT2D eigenvalue weighted by Gasteiger charge is -2.41. The Kier molecular flexibility index (Phi) is 7.58. The highest BCUT2D eigenvalue weighted by Gasteiger charge is 2.36. The summed E-state index contributed by atoms with van der Waals surface area (Å²) in [6.45, 7) is 19.5. The number of hydrogen-bond donors (Lipinski definition) is 1. The third-order valence-corrected chi connectivity index (χ3v) is 7.14. The van der Waals surface area contributed by atoms with Gasteiger partial charge in [-0.1, -0.05) is 38.1 Å². The molecule has 0 saturated carbocycles. The van der Waals surface area contributed by atoms with E-state index in [0.29, 0.717) is 11.3 Å². The third kappa shape index (κ3) is 5.90. The maximum atomic E-state index is 12.6. The molecule has 1 N–H and O–H groups in total. The van der Waals surface area contributed by atoms with Crippen molar-refractivity contribution in [3.63, 3.8) is 0 Å². The van der Waals surface area contributed by atoms with Gasteiger partial charge in [0.2, 0.25) is 0 Å². The van der Waals surface area contributed by atoms with E-state index in [-0.39, 0.29) is 5.41 Å². The molecule has 3 rings (SSSR count). The summed E-state index contributed by atoms with van der Waals surface area (Å²) in [6, 6.07) is 10.4. The zero-order chi connectivity index (χ0) is 27.1. The number of aryl methyl sites for hydroxylation is 2. The lowest BCUT2D eigenvalue weighted by molar-refractivity contribution is -0.160. The number of anilines is 1. The Labute approximate surface area is 216 Å². The molecule has 0 bridgehead atoms. The molecule has 1 saturated heterocycles. The van der Waals surface area contributed by atoms with E-state index in [1.165, 1.54) is 0 Å². The maximum absolute atomic E-state index is 12.6. The van der Waals surface area contributed by atoms with E-state index in [1.807, 2.05) is 72.7 Å². The molecular weight excluding hydrogens is 450 g/mol. The van der Waals surface area contributed by atoms with Crippen LogP contribution < -0.4 is 4.90 Å². The van der Waals surface area contributed by atoms with Crippen LogP contribution >= 0.6 is 0 Å². The standard InChI is InChI=1S/C30H41N3O3/c1-19-23(21-10-12-22(13-11-21)30(8,9)18-31)25(33-16-14-29(6,7)15-17-33)24(20(2)32-19)26(27(34)35)36-28(3,4)5/h10-13,26H,14-17H2,1-9H3,(H,34,35). The minimum Gasteiger partial charge on any atom is -0.479 e. The zero-order valence-corrected chi connectivity index (χ0v) is 23.3. The van der Waals surface area contributed by atoms with Crippen molar-refractivity contribution in [2.45, 2.75) is 92.3 Å². The summed E-state index contributed by atoms with van der Waals surface area (Å²) in [7, 11) is 0. The topological polar surface area (TPSA) is 86.5 Å². The normalized spacial score (nSPS) is 16.9. The average molecular weight is 492 g/mol. The molecule has 1 unspecified atom stereocenters. The molecule has 36 heavy (non-hydrogen) atoms. The van der Waals surface area contributed by atoms with Crippen molar-refractivity contribution >= 4 is 11.7 Å². The average Bonchev–Trinajstić information content (AvgIpc) is 2.77. The number of aliphatic carboxylic acids is 1. The van der Waals surface area contributed by atoms with E-state index in [0.717, 1.165) is 54.0 Å². The van der Waals surface area contributed by atoms with Crippen LogP contribution in [0.15, 0.2) is 24.3 Å². The largest absolute Gasteiger partial charge is 0.479 e. The predicted molar refractivity (Wildman–Crippen MR) is 144 cm³/mol. The van der Waals surface area contributed by atoms with Gasteiger partial charge in [-0.25, -0.2) is 4.79 Å². The molecule has 1 aromatic heterocycles. The van der Waals surface area contributed by atoms with Gasteiger partial charge in [0.05, 0.1) is 22.8 Å². The summed E-state index contributed by atoms with van der Waals surface area (Å²) < 4.78 is 6.15. The van der Waals surface area contributed by atoms with Crippen LogP contribution in [0.2, 0.25) is 0 Å². The maximum Gasteiger partial charge on any atom is 0.337 e. The number of carbonyl (C=O) groups is 1. The number of piperidine rings is 1. The molecule has 2 heterocycles. The van der Waals surface area contributed by atoms with Crippen LogP contribution in [0.3, 0.4) is 0 Å². The molecule has 1 aliphatic rings. The van der Waals surface area contributed by atoms with Crippen molar-refractivity contribution < 1.29 is 14.6 Å². The quantitative estimate of drug-likeness (QED) is 0.482. The molecule has 0 aliphatic carbocycles. The second kappa shape index (κ2) is 9.86. The fraction of sp³-hybridized carbons (Fsp3) is 0.567. The molecular formula is C30H41N3O3. The van der Waals surface area contributed by atoms with Crippen molar-refractivity contribution in [1.29, 1.82) is 5.26 Å². The number of nitrogens with zero attached hydrogens (tertiary/aromatic N) is 3. The number of rotatable bonds is 6. The second-order valence-electron chi connectivity index (χ2n) is 12.3. The van der Waals surface area contributed by atoms with Gasteiger partial charge in [0.15, 0.2) is 6.10 Å². The smallest absolute Gasteiger partial charge is 0.337 e. The van der Waals surface area contributed by atoms with Crippen LogP contribution in [0.5, 0.6) is 0 Å². The number of pyridine rings is 1. The minimum atomic E-state index is -1.14. The predicted octanol–water partition coefficient (Wildman–Crippen LogP) is 6.73. The molecule has 6 nitrogen and oxygen atoms in total. The van der Waals surface area contributed by atoms with Crippen LogP contribution in [0.25, 0.3) is 11.1 Å². The van der Waals surface area contributed by atoms with Crippen LogP contribution in [0.4, 0.5) is 5.69 Å². The van der Waals surface area contributed by atoms with Crippen molar-refractivity contribution in [3.8, 4) is 17.2 Å².